The predicted molar refractivity (Wildman–Crippen MR) is 104 cm³/mol. The van der Waals surface area contributed by atoms with Gasteiger partial charge in [0, 0.05) is 29.7 Å². The molecule has 0 spiro atoms. The molecule has 132 valence electrons. The number of H-pyrrole nitrogens is 1. The fraction of sp³-hybridized carbons (Fsp3) is 0.0526. The summed E-state index contributed by atoms with van der Waals surface area (Å²) in [6.45, 7) is 1.79. The molecule has 0 aliphatic rings. The molecule has 4 rings (SSSR count). The molecular formula is C19H11Cl2N5O. The number of nitriles is 1. The Labute approximate surface area is 163 Å². The maximum absolute atomic E-state index is 12.8. The van der Waals surface area contributed by atoms with Crippen molar-refractivity contribution in [2.45, 2.75) is 6.92 Å². The van der Waals surface area contributed by atoms with Gasteiger partial charge in [-0.1, -0.05) is 23.2 Å². The Morgan fingerprint density at radius 3 is 2.56 bits per heavy atom. The Bertz CT molecular complexity index is 1260. The fourth-order valence-corrected chi connectivity index (χ4v) is 3.80. The van der Waals surface area contributed by atoms with Crippen molar-refractivity contribution in [3.05, 3.63) is 74.4 Å². The van der Waals surface area contributed by atoms with Gasteiger partial charge < -0.3 is 4.57 Å². The molecule has 0 aliphatic carbocycles. The molecule has 4 aromatic rings. The first-order chi connectivity index (χ1) is 13.0. The summed E-state index contributed by atoms with van der Waals surface area (Å²) in [5.74, 6) is 0. The lowest BCUT2D eigenvalue weighted by atomic mass is 10.1. The molecule has 0 saturated heterocycles. The summed E-state index contributed by atoms with van der Waals surface area (Å²) >= 11 is 12.9. The average Bonchev–Trinajstić information content (AvgIpc) is 3.17. The third-order valence-electron chi connectivity index (χ3n) is 4.27. The van der Waals surface area contributed by atoms with Crippen molar-refractivity contribution in [2.24, 2.45) is 0 Å². The molecule has 0 saturated carbocycles. The van der Waals surface area contributed by atoms with Gasteiger partial charge in [-0.05, 0) is 25.1 Å². The Hall–Kier alpha value is -3.14. The van der Waals surface area contributed by atoms with E-state index >= 15 is 0 Å². The summed E-state index contributed by atoms with van der Waals surface area (Å²) in [6, 6.07) is 8.39. The average molecular weight is 396 g/mol. The van der Waals surface area contributed by atoms with Crippen LogP contribution in [0.25, 0.3) is 27.8 Å². The molecule has 1 N–H and O–H groups in total. The van der Waals surface area contributed by atoms with Crippen molar-refractivity contribution in [3.8, 4) is 23.0 Å². The van der Waals surface area contributed by atoms with Crippen LogP contribution in [0.2, 0.25) is 10.0 Å². The summed E-state index contributed by atoms with van der Waals surface area (Å²) in [4.78, 5) is 17.1. The molecule has 8 heteroatoms. The molecule has 6 nitrogen and oxygen atoms in total. The third kappa shape index (κ3) is 2.78. The fourth-order valence-electron chi connectivity index (χ4n) is 3.14. The molecule has 0 unspecified atom stereocenters. The number of halogens is 2. The number of aryl methyl sites for hydroxylation is 1. The zero-order chi connectivity index (χ0) is 19.1. The van der Waals surface area contributed by atoms with Gasteiger partial charge in [0.15, 0.2) is 5.43 Å². The first-order valence-corrected chi connectivity index (χ1v) is 8.66. The summed E-state index contributed by atoms with van der Waals surface area (Å²) in [5.41, 5.74) is 3.20. The van der Waals surface area contributed by atoms with Crippen molar-refractivity contribution >= 4 is 34.1 Å². The van der Waals surface area contributed by atoms with E-state index in [-0.39, 0.29) is 5.43 Å². The number of fused-ring (bicyclic) bond motifs is 1. The second kappa shape index (κ2) is 6.54. The molecule has 0 bridgehead atoms. The molecule has 3 heterocycles. The highest BCUT2D eigenvalue weighted by Gasteiger charge is 2.18. The van der Waals surface area contributed by atoms with Crippen LogP contribution in [0.3, 0.4) is 0 Å². The Morgan fingerprint density at radius 2 is 1.93 bits per heavy atom. The Morgan fingerprint density at radius 1 is 1.19 bits per heavy atom. The first kappa shape index (κ1) is 17.3. The van der Waals surface area contributed by atoms with Crippen LogP contribution >= 0.6 is 23.2 Å². The number of hydrogen-bond acceptors (Lipinski definition) is 4. The minimum Gasteiger partial charge on any atom is -0.309 e. The van der Waals surface area contributed by atoms with E-state index < -0.39 is 0 Å². The molecule has 0 atom stereocenters. The molecule has 0 fully saturated rings. The lowest BCUT2D eigenvalue weighted by molar-refractivity contribution is 1.02. The molecule has 0 radical (unpaired) electrons. The van der Waals surface area contributed by atoms with Crippen LogP contribution in [-0.2, 0) is 0 Å². The highest BCUT2D eigenvalue weighted by Crippen LogP contribution is 2.34. The zero-order valence-corrected chi connectivity index (χ0v) is 15.5. The first-order valence-electron chi connectivity index (χ1n) is 7.91. The van der Waals surface area contributed by atoms with Crippen LogP contribution in [0.1, 0.15) is 11.3 Å². The second-order valence-electron chi connectivity index (χ2n) is 5.94. The van der Waals surface area contributed by atoms with Crippen LogP contribution in [0, 0.1) is 18.3 Å². The maximum Gasteiger partial charge on any atom is 0.190 e. The zero-order valence-electron chi connectivity index (χ0n) is 14.0. The van der Waals surface area contributed by atoms with Crippen molar-refractivity contribution in [2.75, 3.05) is 0 Å². The monoisotopic (exact) mass is 395 g/mol. The molecule has 0 amide bonds. The summed E-state index contributed by atoms with van der Waals surface area (Å²) in [6.07, 6.45) is 4.81. The quantitative estimate of drug-likeness (QED) is 0.548. The van der Waals surface area contributed by atoms with Gasteiger partial charge in [-0.2, -0.15) is 10.4 Å². The molecule has 27 heavy (non-hydrogen) atoms. The van der Waals surface area contributed by atoms with E-state index in [4.69, 9.17) is 28.5 Å². The lowest BCUT2D eigenvalue weighted by Crippen LogP contribution is -2.13. The van der Waals surface area contributed by atoms with Crippen LogP contribution < -0.4 is 5.43 Å². The largest absolute Gasteiger partial charge is 0.309 e. The second-order valence-corrected chi connectivity index (χ2v) is 6.75. The van der Waals surface area contributed by atoms with E-state index in [0.29, 0.717) is 49.2 Å². The highest BCUT2D eigenvalue weighted by molar-refractivity contribution is 6.38. The number of nitrogens with zero attached hydrogens (tertiary/aromatic N) is 4. The number of rotatable bonds is 2. The van der Waals surface area contributed by atoms with Gasteiger partial charge in [0.1, 0.15) is 0 Å². The molecule has 0 aliphatic heterocycles. The standard InChI is InChI=1S/C19H11Cl2N5O/c1-10-4-17(27)18-12(15-2-3-24-25-15)8-23-9-16(18)26(10)19-13(20)5-11(7-22)6-14(19)21/h2-6,8-9H,1H3,(H,24,25). The summed E-state index contributed by atoms with van der Waals surface area (Å²) in [5, 5.41) is 17.0. The van der Waals surface area contributed by atoms with Crippen LogP contribution in [0.15, 0.2) is 47.7 Å². The molecule has 3 aromatic heterocycles. The molecule has 1 aromatic carbocycles. The number of nitrogens with one attached hydrogen (secondary N) is 1. The van der Waals surface area contributed by atoms with E-state index in [1.54, 1.807) is 48.3 Å². The Balaban J connectivity index is 2.14. The summed E-state index contributed by atoms with van der Waals surface area (Å²) in [7, 11) is 0. The maximum atomic E-state index is 12.8. The van der Waals surface area contributed by atoms with Crippen molar-refractivity contribution in [1.82, 2.24) is 19.7 Å². The van der Waals surface area contributed by atoms with Gasteiger partial charge in [-0.3, -0.25) is 14.9 Å². The van der Waals surface area contributed by atoms with Crippen molar-refractivity contribution in [1.29, 1.82) is 5.26 Å². The van der Waals surface area contributed by atoms with Gasteiger partial charge in [0.25, 0.3) is 0 Å². The smallest absolute Gasteiger partial charge is 0.190 e. The number of pyridine rings is 2. The van der Waals surface area contributed by atoms with Gasteiger partial charge in [0.05, 0.1) is 50.2 Å². The number of hydrogen-bond donors (Lipinski definition) is 1. The summed E-state index contributed by atoms with van der Waals surface area (Å²) < 4.78 is 1.77. The van der Waals surface area contributed by atoms with E-state index in [0.717, 1.165) is 0 Å². The van der Waals surface area contributed by atoms with Gasteiger partial charge >= 0.3 is 0 Å². The normalized spacial score (nSPS) is 10.9. The van der Waals surface area contributed by atoms with Crippen molar-refractivity contribution < 1.29 is 0 Å². The van der Waals surface area contributed by atoms with E-state index in [9.17, 15) is 4.79 Å². The number of aromatic nitrogens is 4. The third-order valence-corrected chi connectivity index (χ3v) is 4.84. The van der Waals surface area contributed by atoms with Crippen LogP contribution in [-0.4, -0.2) is 19.7 Å². The Kier molecular flexibility index (Phi) is 4.19. The van der Waals surface area contributed by atoms with E-state index in [2.05, 4.69) is 15.2 Å². The topological polar surface area (TPSA) is 87.4 Å². The van der Waals surface area contributed by atoms with Gasteiger partial charge in [-0.15, -0.1) is 0 Å². The van der Waals surface area contributed by atoms with Crippen molar-refractivity contribution in [3.63, 3.8) is 0 Å². The van der Waals surface area contributed by atoms with Gasteiger partial charge in [0.2, 0.25) is 0 Å². The minimum absolute atomic E-state index is 0.147. The number of aromatic amines is 1. The van der Waals surface area contributed by atoms with E-state index in [1.165, 1.54) is 6.07 Å². The predicted octanol–water partition coefficient (Wildman–Crippen LogP) is 4.26. The van der Waals surface area contributed by atoms with Crippen LogP contribution in [0.4, 0.5) is 0 Å². The highest BCUT2D eigenvalue weighted by atomic mass is 35.5. The SMILES string of the molecule is Cc1cc(=O)c2c(-c3ccn[nH]3)cncc2n1-c1c(Cl)cc(C#N)cc1Cl. The minimum atomic E-state index is -0.147. The molecular weight excluding hydrogens is 385 g/mol. The van der Waals surface area contributed by atoms with E-state index in [1.807, 2.05) is 6.07 Å². The van der Waals surface area contributed by atoms with Gasteiger partial charge in [-0.25, -0.2) is 0 Å². The lowest BCUT2D eigenvalue weighted by Gasteiger charge is -2.18. The van der Waals surface area contributed by atoms with Crippen LogP contribution in [0.5, 0.6) is 0 Å². The number of benzene rings is 1.